The molecule has 0 bridgehead atoms. The molecule has 3 heterocycles. The quantitative estimate of drug-likeness (QED) is 0.932. The molecule has 0 atom stereocenters. The van der Waals surface area contributed by atoms with E-state index in [1.807, 2.05) is 0 Å². The Kier molecular flexibility index (Phi) is 3.65. The summed E-state index contributed by atoms with van der Waals surface area (Å²) >= 11 is 0. The Morgan fingerprint density at radius 2 is 1.68 bits per heavy atom. The number of nitrogens with zero attached hydrogens (tertiary/aromatic N) is 3. The van der Waals surface area contributed by atoms with Gasteiger partial charge >= 0.3 is 5.97 Å². The Hall–Kier alpha value is -3.28. The Balaban J connectivity index is 1.53. The van der Waals surface area contributed by atoms with Crippen LogP contribution in [0.5, 0.6) is 0 Å². The van der Waals surface area contributed by atoms with E-state index < -0.39 is 5.97 Å². The molecule has 1 aromatic heterocycles. The molecule has 1 amide bonds. The molecule has 0 unspecified atom stereocenters. The molecule has 6 heteroatoms. The van der Waals surface area contributed by atoms with Gasteiger partial charge in [0.25, 0.3) is 5.91 Å². The summed E-state index contributed by atoms with van der Waals surface area (Å²) in [6, 6.07) is 10.1. The molecule has 6 nitrogen and oxygen atoms in total. The van der Waals surface area contributed by atoms with Gasteiger partial charge in [0.15, 0.2) is 0 Å². The third kappa shape index (κ3) is 2.71. The van der Waals surface area contributed by atoms with E-state index in [0.29, 0.717) is 25.2 Å². The van der Waals surface area contributed by atoms with Crippen molar-refractivity contribution in [2.75, 3.05) is 19.6 Å². The summed E-state index contributed by atoms with van der Waals surface area (Å²) in [7, 11) is 0. The minimum atomic E-state index is -0.949. The molecule has 0 saturated heterocycles. The largest absolute Gasteiger partial charge is 0.478 e. The number of carboxylic acids is 1. The number of carbonyl (C=O) groups is 2. The maximum absolute atomic E-state index is 12.6. The number of aromatic nitrogens is 1. The Morgan fingerprint density at radius 1 is 0.960 bits per heavy atom. The van der Waals surface area contributed by atoms with Crippen LogP contribution >= 0.6 is 0 Å². The van der Waals surface area contributed by atoms with Crippen LogP contribution in [0, 0.1) is 0 Å². The second-order valence-electron chi connectivity index (χ2n) is 6.03. The van der Waals surface area contributed by atoms with Crippen LogP contribution in [0.15, 0.2) is 64.9 Å². The normalized spacial score (nSPS) is 16.0. The van der Waals surface area contributed by atoms with Gasteiger partial charge in [-0.05, 0) is 29.8 Å². The predicted molar refractivity (Wildman–Crippen MR) is 92.0 cm³/mol. The lowest BCUT2D eigenvalue weighted by Crippen LogP contribution is -2.31. The van der Waals surface area contributed by atoms with Crippen LogP contribution in [0.1, 0.15) is 26.3 Å². The average molecular weight is 333 g/mol. The maximum atomic E-state index is 12.6. The summed E-state index contributed by atoms with van der Waals surface area (Å²) in [6.45, 7) is 1.69. The first-order chi connectivity index (χ1) is 12.1. The third-order valence-corrected chi connectivity index (χ3v) is 4.49. The molecule has 2 aliphatic rings. The monoisotopic (exact) mass is 333 g/mol. The van der Waals surface area contributed by atoms with E-state index in [1.165, 1.54) is 0 Å². The number of hydrogen-bond acceptors (Lipinski definition) is 4. The first kappa shape index (κ1) is 15.3. The van der Waals surface area contributed by atoms with Gasteiger partial charge in [0.05, 0.1) is 17.8 Å². The van der Waals surface area contributed by atoms with Crippen molar-refractivity contribution in [2.45, 2.75) is 0 Å². The molecule has 2 aliphatic heterocycles. The highest BCUT2D eigenvalue weighted by Gasteiger charge is 2.32. The van der Waals surface area contributed by atoms with Crippen molar-refractivity contribution in [3.05, 3.63) is 76.6 Å². The fourth-order valence-corrected chi connectivity index (χ4v) is 3.20. The zero-order valence-corrected chi connectivity index (χ0v) is 13.3. The topological polar surface area (TPSA) is 82.9 Å². The number of pyridine rings is 1. The minimum Gasteiger partial charge on any atom is -0.478 e. The summed E-state index contributed by atoms with van der Waals surface area (Å²) < 4.78 is 0. The highest BCUT2D eigenvalue weighted by Crippen LogP contribution is 2.28. The van der Waals surface area contributed by atoms with Crippen molar-refractivity contribution in [1.82, 2.24) is 9.88 Å². The Labute approximate surface area is 144 Å². The van der Waals surface area contributed by atoms with Crippen LogP contribution in [0.4, 0.5) is 0 Å². The van der Waals surface area contributed by atoms with Crippen molar-refractivity contribution in [2.24, 2.45) is 4.99 Å². The van der Waals surface area contributed by atoms with Crippen LogP contribution in [0.25, 0.3) is 0 Å². The number of amides is 1. The standard InChI is InChI=1S/C19H15N3O3/c23-18(13-5-7-20-8-6-13)22-10-15-9-21-17(16(15)11-22)12-1-3-14(4-2-12)19(24)25/h1-8H,9-11H2,(H,24,25). The second-order valence-corrected chi connectivity index (χ2v) is 6.03. The molecular formula is C19H15N3O3. The van der Waals surface area contributed by atoms with Crippen molar-refractivity contribution >= 4 is 17.6 Å². The molecule has 4 rings (SSSR count). The molecule has 0 aliphatic carbocycles. The SMILES string of the molecule is O=C(O)c1ccc(C2=NCC3=C2CN(C(=O)c2ccncc2)C3)cc1. The van der Waals surface area contributed by atoms with Gasteiger partial charge in [-0.1, -0.05) is 12.1 Å². The zero-order chi connectivity index (χ0) is 17.4. The van der Waals surface area contributed by atoms with E-state index in [2.05, 4.69) is 9.98 Å². The van der Waals surface area contributed by atoms with Gasteiger partial charge in [0.1, 0.15) is 0 Å². The molecule has 1 N–H and O–H groups in total. The second kappa shape index (κ2) is 5.98. The summed E-state index contributed by atoms with van der Waals surface area (Å²) in [5.41, 5.74) is 4.84. The number of rotatable bonds is 3. The fourth-order valence-electron chi connectivity index (χ4n) is 3.20. The van der Waals surface area contributed by atoms with Crippen LogP contribution in [0.3, 0.4) is 0 Å². The van der Waals surface area contributed by atoms with E-state index in [0.717, 1.165) is 22.4 Å². The van der Waals surface area contributed by atoms with Crippen LogP contribution < -0.4 is 0 Å². The molecule has 25 heavy (non-hydrogen) atoms. The summed E-state index contributed by atoms with van der Waals surface area (Å²) in [6.07, 6.45) is 3.22. The molecule has 0 radical (unpaired) electrons. The first-order valence-corrected chi connectivity index (χ1v) is 7.92. The van der Waals surface area contributed by atoms with E-state index in [4.69, 9.17) is 5.11 Å². The lowest BCUT2D eigenvalue weighted by atomic mass is 10.0. The fraction of sp³-hybridized carbons (Fsp3) is 0.158. The minimum absolute atomic E-state index is 0.0163. The van der Waals surface area contributed by atoms with Crippen LogP contribution in [0.2, 0.25) is 0 Å². The van der Waals surface area contributed by atoms with Gasteiger partial charge in [0, 0.05) is 42.2 Å². The molecule has 0 spiro atoms. The van der Waals surface area contributed by atoms with E-state index in [9.17, 15) is 9.59 Å². The van der Waals surface area contributed by atoms with Gasteiger partial charge in [-0.3, -0.25) is 14.8 Å². The summed E-state index contributed by atoms with van der Waals surface area (Å²) in [4.78, 5) is 33.9. The van der Waals surface area contributed by atoms with Gasteiger partial charge < -0.3 is 10.0 Å². The van der Waals surface area contributed by atoms with Gasteiger partial charge in [-0.25, -0.2) is 4.79 Å². The molecule has 0 fully saturated rings. The average Bonchev–Trinajstić information content (AvgIpc) is 3.22. The van der Waals surface area contributed by atoms with Crippen molar-refractivity contribution in [1.29, 1.82) is 0 Å². The van der Waals surface area contributed by atoms with E-state index in [1.54, 1.807) is 53.7 Å². The van der Waals surface area contributed by atoms with Gasteiger partial charge in [-0.15, -0.1) is 0 Å². The number of aromatic carboxylic acids is 1. The Morgan fingerprint density at radius 3 is 2.36 bits per heavy atom. The number of carboxylic acid groups (broad SMARTS) is 1. The molecule has 2 aromatic rings. The predicted octanol–water partition coefficient (Wildman–Crippen LogP) is 2.04. The molecular weight excluding hydrogens is 318 g/mol. The van der Waals surface area contributed by atoms with E-state index >= 15 is 0 Å². The summed E-state index contributed by atoms with van der Waals surface area (Å²) in [5, 5.41) is 9.01. The lowest BCUT2D eigenvalue weighted by Gasteiger charge is -2.18. The highest BCUT2D eigenvalue weighted by molar-refractivity contribution is 6.16. The summed E-state index contributed by atoms with van der Waals surface area (Å²) in [5.74, 6) is -0.966. The number of aliphatic imine (C=N–C) groups is 1. The smallest absolute Gasteiger partial charge is 0.335 e. The van der Waals surface area contributed by atoms with Crippen molar-refractivity contribution in [3.8, 4) is 0 Å². The molecule has 124 valence electrons. The third-order valence-electron chi connectivity index (χ3n) is 4.49. The highest BCUT2D eigenvalue weighted by atomic mass is 16.4. The van der Waals surface area contributed by atoms with Crippen LogP contribution in [-0.2, 0) is 0 Å². The van der Waals surface area contributed by atoms with Gasteiger partial charge in [0.2, 0.25) is 0 Å². The van der Waals surface area contributed by atoms with Crippen molar-refractivity contribution in [3.63, 3.8) is 0 Å². The number of hydrogen-bond donors (Lipinski definition) is 1. The van der Waals surface area contributed by atoms with Crippen LogP contribution in [-0.4, -0.2) is 52.2 Å². The van der Waals surface area contributed by atoms with Crippen molar-refractivity contribution < 1.29 is 14.7 Å². The molecule has 0 saturated carbocycles. The zero-order valence-electron chi connectivity index (χ0n) is 13.3. The van der Waals surface area contributed by atoms with Gasteiger partial charge in [-0.2, -0.15) is 0 Å². The molecule has 1 aromatic carbocycles. The maximum Gasteiger partial charge on any atom is 0.335 e. The number of benzene rings is 1. The Bertz CT molecular complexity index is 915. The van der Waals surface area contributed by atoms with E-state index in [-0.39, 0.29) is 11.5 Å². The first-order valence-electron chi connectivity index (χ1n) is 7.92. The lowest BCUT2D eigenvalue weighted by molar-refractivity contribution is 0.0696. The number of carbonyl (C=O) groups excluding carboxylic acids is 1.